The summed E-state index contributed by atoms with van der Waals surface area (Å²) in [4.78, 5) is 3.46. The van der Waals surface area contributed by atoms with E-state index in [0.29, 0.717) is 30.8 Å². The lowest BCUT2D eigenvalue weighted by Gasteiger charge is -2.08. The molecule has 1 heterocycles. The van der Waals surface area contributed by atoms with Crippen LogP contribution in [0.4, 0.5) is 5.69 Å². The molecule has 5 nitrogen and oxygen atoms in total. The number of nitrogens with zero attached hydrogens (tertiary/aromatic N) is 4. The summed E-state index contributed by atoms with van der Waals surface area (Å²) in [7, 11) is 0. The Morgan fingerprint density at radius 3 is 2.65 bits per heavy atom. The second kappa shape index (κ2) is 7.58. The van der Waals surface area contributed by atoms with Gasteiger partial charge in [0.2, 0.25) is 0 Å². The van der Waals surface area contributed by atoms with Crippen LogP contribution in [0.1, 0.15) is 41.9 Å². The average Bonchev–Trinajstić information content (AvgIpc) is 2.91. The Balaban J connectivity index is 2.47. The van der Waals surface area contributed by atoms with Gasteiger partial charge in [-0.05, 0) is 31.4 Å². The van der Waals surface area contributed by atoms with Crippen molar-refractivity contribution in [2.45, 2.75) is 39.7 Å². The third kappa shape index (κ3) is 3.59. The molecule has 23 heavy (non-hydrogen) atoms. The number of nitriles is 1. The smallest absolute Gasteiger partial charge is 0.188 e. The molecule has 1 aromatic heterocycles. The van der Waals surface area contributed by atoms with Crippen LogP contribution >= 0.6 is 0 Å². The van der Waals surface area contributed by atoms with E-state index in [1.54, 1.807) is 6.07 Å². The highest BCUT2D eigenvalue weighted by atomic mass is 15.3. The van der Waals surface area contributed by atoms with Crippen LogP contribution in [-0.4, -0.2) is 16.3 Å². The third-order valence-corrected chi connectivity index (χ3v) is 3.88. The van der Waals surface area contributed by atoms with Crippen molar-refractivity contribution in [3.8, 4) is 6.07 Å². The fourth-order valence-corrected chi connectivity index (χ4v) is 2.89. The van der Waals surface area contributed by atoms with Gasteiger partial charge in [0.05, 0.1) is 24.9 Å². The van der Waals surface area contributed by atoms with Gasteiger partial charge < -0.3 is 5.73 Å². The third-order valence-electron chi connectivity index (χ3n) is 3.88. The Kier molecular flexibility index (Phi) is 5.51. The van der Waals surface area contributed by atoms with E-state index in [0.717, 1.165) is 24.1 Å². The molecule has 0 atom stereocenters. The van der Waals surface area contributed by atoms with Crippen molar-refractivity contribution in [1.82, 2.24) is 9.78 Å². The van der Waals surface area contributed by atoms with Gasteiger partial charge in [-0.3, -0.25) is 4.68 Å². The molecule has 0 fully saturated rings. The molecule has 118 valence electrons. The minimum Gasteiger partial charge on any atom is -0.329 e. The van der Waals surface area contributed by atoms with Crippen LogP contribution in [0.3, 0.4) is 0 Å². The second-order valence-electron chi connectivity index (χ2n) is 5.38. The molecule has 1 aromatic carbocycles. The quantitative estimate of drug-likeness (QED) is 0.834. The Hall–Kier alpha value is -2.63. The van der Waals surface area contributed by atoms with Gasteiger partial charge in [-0.1, -0.05) is 25.5 Å². The van der Waals surface area contributed by atoms with Crippen LogP contribution < -0.4 is 5.73 Å². The summed E-state index contributed by atoms with van der Waals surface area (Å²) in [5.41, 5.74) is 11.2. The highest BCUT2D eigenvalue weighted by Crippen LogP contribution is 2.24. The van der Waals surface area contributed by atoms with Crippen molar-refractivity contribution in [2.75, 3.05) is 6.54 Å². The number of nitrogens with two attached hydrogens (primary N) is 1. The maximum Gasteiger partial charge on any atom is 0.188 e. The summed E-state index contributed by atoms with van der Waals surface area (Å²) in [6.07, 6.45) is 2.43. The van der Waals surface area contributed by atoms with Gasteiger partial charge in [0, 0.05) is 23.4 Å². The highest BCUT2D eigenvalue weighted by molar-refractivity contribution is 5.54. The lowest BCUT2D eigenvalue weighted by molar-refractivity contribution is 0.589. The van der Waals surface area contributed by atoms with Crippen molar-refractivity contribution < 1.29 is 0 Å². The molecule has 0 amide bonds. The molecule has 0 aliphatic carbocycles. The summed E-state index contributed by atoms with van der Waals surface area (Å²) < 4.78 is 2.00. The first-order valence-corrected chi connectivity index (χ1v) is 7.85. The predicted molar refractivity (Wildman–Crippen MR) is 90.3 cm³/mol. The Morgan fingerprint density at radius 2 is 2.09 bits per heavy atom. The van der Waals surface area contributed by atoms with Gasteiger partial charge in [-0.25, -0.2) is 4.85 Å². The first-order valence-electron chi connectivity index (χ1n) is 7.85. The zero-order valence-electron chi connectivity index (χ0n) is 13.6. The molecule has 2 rings (SSSR count). The second-order valence-corrected chi connectivity index (χ2v) is 5.38. The molecule has 0 aliphatic heterocycles. The highest BCUT2D eigenvalue weighted by Gasteiger charge is 2.16. The first kappa shape index (κ1) is 16.7. The zero-order chi connectivity index (χ0) is 16.8. The number of aryl methyl sites for hydroxylation is 1. The van der Waals surface area contributed by atoms with E-state index in [-0.39, 0.29) is 0 Å². The molecule has 0 spiro atoms. The SMILES string of the molecule is [C-]#[N+]c1cc(C#N)cc(Cc2c(CC)nn(CCN)c2CC)c1. The van der Waals surface area contributed by atoms with Gasteiger partial charge in [0.15, 0.2) is 5.69 Å². The molecule has 2 N–H and O–H groups in total. The molecule has 0 saturated heterocycles. The molecular weight excluding hydrogens is 286 g/mol. The van der Waals surface area contributed by atoms with Crippen LogP contribution in [0.5, 0.6) is 0 Å². The Labute approximate surface area is 137 Å². The summed E-state index contributed by atoms with van der Waals surface area (Å²) in [5.74, 6) is 0. The fourth-order valence-electron chi connectivity index (χ4n) is 2.89. The van der Waals surface area contributed by atoms with Gasteiger partial charge in [0.25, 0.3) is 0 Å². The summed E-state index contributed by atoms with van der Waals surface area (Å²) in [6, 6.07) is 7.46. The van der Waals surface area contributed by atoms with E-state index in [1.807, 2.05) is 16.8 Å². The fraction of sp³-hybridized carbons (Fsp3) is 0.389. The molecule has 0 aliphatic rings. The van der Waals surface area contributed by atoms with Crippen molar-refractivity contribution >= 4 is 5.69 Å². The van der Waals surface area contributed by atoms with Gasteiger partial charge in [0.1, 0.15) is 0 Å². The molecule has 5 heteroatoms. The maximum absolute atomic E-state index is 9.14. The zero-order valence-corrected chi connectivity index (χ0v) is 13.6. The Bertz CT molecular complexity index is 742. The average molecular weight is 307 g/mol. The van der Waals surface area contributed by atoms with Crippen molar-refractivity contribution in [3.63, 3.8) is 0 Å². The van der Waals surface area contributed by atoms with E-state index in [9.17, 15) is 0 Å². The van der Waals surface area contributed by atoms with Crippen LogP contribution in [0, 0.1) is 17.9 Å². The normalized spacial score (nSPS) is 10.3. The number of hydrogen-bond acceptors (Lipinski definition) is 3. The van der Waals surface area contributed by atoms with E-state index in [1.165, 1.54) is 11.3 Å². The summed E-state index contributed by atoms with van der Waals surface area (Å²) in [5, 5.41) is 13.8. The van der Waals surface area contributed by atoms with Crippen LogP contribution in [-0.2, 0) is 25.8 Å². The molecule has 0 radical (unpaired) electrons. The van der Waals surface area contributed by atoms with E-state index >= 15 is 0 Å². The number of benzene rings is 1. The molecule has 0 unspecified atom stereocenters. The maximum atomic E-state index is 9.14. The number of hydrogen-bond donors (Lipinski definition) is 1. The minimum atomic E-state index is 0.504. The topological polar surface area (TPSA) is 72.0 Å². The standard InChI is InChI=1S/C18H21N5/c1-4-17-16(18(5-2)23(22-17)7-6-19)11-13-8-14(12-20)10-15(9-13)21-3/h8-10H,4-7,11,19H2,1-2H3. The van der Waals surface area contributed by atoms with Crippen molar-refractivity contribution in [1.29, 1.82) is 5.26 Å². The van der Waals surface area contributed by atoms with Gasteiger partial charge >= 0.3 is 0 Å². The van der Waals surface area contributed by atoms with Crippen LogP contribution in [0.2, 0.25) is 0 Å². The lowest BCUT2D eigenvalue weighted by Crippen LogP contribution is -2.13. The molecule has 0 bridgehead atoms. The number of aromatic nitrogens is 2. The summed E-state index contributed by atoms with van der Waals surface area (Å²) in [6.45, 7) is 12.7. The van der Waals surface area contributed by atoms with Crippen molar-refractivity contribution in [2.24, 2.45) is 5.73 Å². The summed E-state index contributed by atoms with van der Waals surface area (Å²) >= 11 is 0. The van der Waals surface area contributed by atoms with E-state index < -0.39 is 0 Å². The van der Waals surface area contributed by atoms with Crippen LogP contribution in [0.15, 0.2) is 18.2 Å². The lowest BCUT2D eigenvalue weighted by atomic mass is 9.98. The Morgan fingerprint density at radius 1 is 1.30 bits per heavy atom. The van der Waals surface area contributed by atoms with E-state index in [2.05, 4.69) is 29.9 Å². The van der Waals surface area contributed by atoms with E-state index in [4.69, 9.17) is 17.6 Å². The largest absolute Gasteiger partial charge is 0.329 e. The molecular formula is C18H21N5. The molecule has 2 aromatic rings. The van der Waals surface area contributed by atoms with Crippen LogP contribution in [0.25, 0.3) is 4.85 Å². The molecule has 0 saturated carbocycles. The van der Waals surface area contributed by atoms with Gasteiger partial charge in [-0.2, -0.15) is 10.4 Å². The first-order chi connectivity index (χ1) is 11.2. The number of rotatable bonds is 6. The monoisotopic (exact) mass is 307 g/mol. The van der Waals surface area contributed by atoms with Gasteiger partial charge in [-0.15, -0.1) is 0 Å². The minimum absolute atomic E-state index is 0.504. The van der Waals surface area contributed by atoms with Crippen molar-refractivity contribution in [3.05, 3.63) is 57.7 Å². The predicted octanol–water partition coefficient (Wildman–Crippen LogP) is 2.98.